The van der Waals surface area contributed by atoms with E-state index in [4.69, 9.17) is 4.42 Å². The summed E-state index contributed by atoms with van der Waals surface area (Å²) in [5.41, 5.74) is 4.89. The molecule has 0 amide bonds. The Kier molecular flexibility index (Phi) is 2.16. The Balaban J connectivity index is 1.90. The van der Waals surface area contributed by atoms with Crippen LogP contribution < -0.4 is 0 Å². The van der Waals surface area contributed by atoms with Crippen molar-refractivity contribution in [2.24, 2.45) is 0 Å². The molecule has 0 bridgehead atoms. The molecule has 0 saturated heterocycles. The minimum atomic E-state index is 0.212. The smallest absolute Gasteiger partial charge is 0.134 e. The standard InChI is InChI=1S/C18H14O/c1-12-10-13-6-2-4-8-15(13)18(12)17-11-14-7-3-5-9-16(14)19-17/h2-9,11,18H,1,10H2/t18-/m0/s1. The van der Waals surface area contributed by atoms with Crippen LogP contribution in [0, 0.1) is 0 Å². The van der Waals surface area contributed by atoms with Gasteiger partial charge in [-0.15, -0.1) is 0 Å². The summed E-state index contributed by atoms with van der Waals surface area (Å²) in [5.74, 6) is 1.22. The molecule has 1 heteroatoms. The van der Waals surface area contributed by atoms with Crippen LogP contribution in [0.15, 0.2) is 71.2 Å². The van der Waals surface area contributed by atoms with Crippen molar-refractivity contribution in [2.45, 2.75) is 12.3 Å². The first-order valence-electron chi connectivity index (χ1n) is 6.57. The lowest BCUT2D eigenvalue weighted by Crippen LogP contribution is -1.95. The molecule has 3 aromatic rings. The van der Waals surface area contributed by atoms with Gasteiger partial charge in [-0.05, 0) is 29.7 Å². The molecule has 0 saturated carbocycles. The molecular weight excluding hydrogens is 232 g/mol. The third-order valence-electron chi connectivity index (χ3n) is 3.92. The number of para-hydroxylation sites is 1. The zero-order chi connectivity index (χ0) is 12.8. The zero-order valence-electron chi connectivity index (χ0n) is 10.6. The number of hydrogen-bond acceptors (Lipinski definition) is 1. The van der Waals surface area contributed by atoms with Gasteiger partial charge >= 0.3 is 0 Å². The van der Waals surface area contributed by atoms with E-state index in [9.17, 15) is 0 Å². The minimum Gasteiger partial charge on any atom is -0.460 e. The van der Waals surface area contributed by atoms with Crippen LogP contribution in [0.1, 0.15) is 22.8 Å². The Labute approximate surface area is 112 Å². The number of fused-ring (bicyclic) bond motifs is 2. The van der Waals surface area contributed by atoms with Crippen molar-refractivity contribution in [1.29, 1.82) is 0 Å². The van der Waals surface area contributed by atoms with Gasteiger partial charge in [0.25, 0.3) is 0 Å². The molecule has 1 atom stereocenters. The van der Waals surface area contributed by atoms with E-state index in [-0.39, 0.29) is 5.92 Å². The van der Waals surface area contributed by atoms with Crippen molar-refractivity contribution in [2.75, 3.05) is 0 Å². The number of hydrogen-bond donors (Lipinski definition) is 0. The van der Waals surface area contributed by atoms with Crippen molar-refractivity contribution in [3.63, 3.8) is 0 Å². The predicted octanol–water partition coefficient (Wildman–Crippen LogP) is 4.68. The molecule has 1 aromatic heterocycles. The Morgan fingerprint density at radius 1 is 1.00 bits per heavy atom. The van der Waals surface area contributed by atoms with Crippen LogP contribution in [-0.4, -0.2) is 0 Å². The molecule has 19 heavy (non-hydrogen) atoms. The molecular formula is C18H14O. The normalized spacial score (nSPS) is 17.9. The van der Waals surface area contributed by atoms with Crippen LogP contribution in [0.25, 0.3) is 11.0 Å². The fourth-order valence-corrected chi connectivity index (χ4v) is 3.04. The largest absolute Gasteiger partial charge is 0.460 e. The van der Waals surface area contributed by atoms with Crippen molar-refractivity contribution in [3.8, 4) is 0 Å². The quantitative estimate of drug-likeness (QED) is 0.568. The molecule has 92 valence electrons. The number of benzene rings is 2. The van der Waals surface area contributed by atoms with E-state index in [1.807, 2.05) is 18.2 Å². The van der Waals surface area contributed by atoms with E-state index in [1.54, 1.807) is 0 Å². The van der Waals surface area contributed by atoms with Gasteiger partial charge in [-0.2, -0.15) is 0 Å². The van der Waals surface area contributed by atoms with Crippen LogP contribution in [-0.2, 0) is 6.42 Å². The zero-order valence-corrected chi connectivity index (χ0v) is 10.6. The Morgan fingerprint density at radius 2 is 1.79 bits per heavy atom. The van der Waals surface area contributed by atoms with Crippen molar-refractivity contribution in [3.05, 3.63) is 83.6 Å². The van der Waals surface area contributed by atoms with Gasteiger partial charge in [-0.1, -0.05) is 54.6 Å². The van der Waals surface area contributed by atoms with Gasteiger partial charge in [0.15, 0.2) is 0 Å². The fourth-order valence-electron chi connectivity index (χ4n) is 3.04. The number of allylic oxidation sites excluding steroid dienone is 1. The first kappa shape index (κ1) is 10.6. The maximum Gasteiger partial charge on any atom is 0.134 e. The Bertz CT molecular complexity index is 746. The second-order valence-corrected chi connectivity index (χ2v) is 5.15. The van der Waals surface area contributed by atoms with E-state index < -0.39 is 0 Å². The van der Waals surface area contributed by atoms with Crippen LogP contribution in [0.5, 0.6) is 0 Å². The summed E-state index contributed by atoms with van der Waals surface area (Å²) in [4.78, 5) is 0. The van der Waals surface area contributed by atoms with Crippen LogP contribution in [0.3, 0.4) is 0 Å². The van der Waals surface area contributed by atoms with E-state index in [2.05, 4.69) is 43.0 Å². The number of rotatable bonds is 1. The first-order valence-corrected chi connectivity index (χ1v) is 6.57. The SMILES string of the molecule is C=C1Cc2ccccc2[C@H]1c1cc2ccccc2o1. The lowest BCUT2D eigenvalue weighted by Gasteiger charge is -2.09. The van der Waals surface area contributed by atoms with E-state index >= 15 is 0 Å². The van der Waals surface area contributed by atoms with Gasteiger partial charge in [0, 0.05) is 5.39 Å². The Morgan fingerprint density at radius 3 is 2.68 bits per heavy atom. The van der Waals surface area contributed by atoms with Gasteiger partial charge in [0.2, 0.25) is 0 Å². The van der Waals surface area contributed by atoms with Crippen LogP contribution in [0.2, 0.25) is 0 Å². The van der Waals surface area contributed by atoms with Gasteiger partial charge in [-0.3, -0.25) is 0 Å². The van der Waals surface area contributed by atoms with Crippen molar-refractivity contribution < 1.29 is 4.42 Å². The molecule has 0 radical (unpaired) electrons. The summed E-state index contributed by atoms with van der Waals surface area (Å²) < 4.78 is 6.02. The maximum atomic E-state index is 6.02. The summed E-state index contributed by atoms with van der Waals surface area (Å²) in [7, 11) is 0. The molecule has 0 fully saturated rings. The summed E-state index contributed by atoms with van der Waals surface area (Å²) >= 11 is 0. The molecule has 0 N–H and O–H groups in total. The van der Waals surface area contributed by atoms with Crippen LogP contribution in [0.4, 0.5) is 0 Å². The average molecular weight is 246 g/mol. The summed E-state index contributed by atoms with van der Waals surface area (Å²) in [6.07, 6.45) is 0.956. The molecule has 1 nitrogen and oxygen atoms in total. The average Bonchev–Trinajstić information content (AvgIpc) is 2.97. The van der Waals surface area contributed by atoms with Crippen LogP contribution >= 0.6 is 0 Å². The summed E-state index contributed by atoms with van der Waals surface area (Å²) in [5, 5.41) is 1.16. The lowest BCUT2D eigenvalue weighted by molar-refractivity contribution is 0.542. The highest BCUT2D eigenvalue weighted by Gasteiger charge is 2.29. The van der Waals surface area contributed by atoms with Gasteiger partial charge in [-0.25, -0.2) is 0 Å². The topological polar surface area (TPSA) is 13.1 Å². The molecule has 1 aliphatic rings. The summed E-state index contributed by atoms with van der Waals surface area (Å²) in [6, 6.07) is 18.8. The van der Waals surface area contributed by atoms with E-state index in [0.717, 1.165) is 23.2 Å². The molecule has 0 aliphatic heterocycles. The molecule has 1 aliphatic carbocycles. The Hall–Kier alpha value is -2.28. The lowest BCUT2D eigenvalue weighted by atomic mass is 9.96. The molecule has 2 aromatic carbocycles. The van der Waals surface area contributed by atoms with Crippen molar-refractivity contribution >= 4 is 11.0 Å². The second-order valence-electron chi connectivity index (χ2n) is 5.15. The second kappa shape index (κ2) is 3.86. The number of furan rings is 1. The van der Waals surface area contributed by atoms with Crippen molar-refractivity contribution in [1.82, 2.24) is 0 Å². The molecule has 0 unspecified atom stereocenters. The summed E-state index contributed by atoms with van der Waals surface area (Å²) in [6.45, 7) is 4.24. The minimum absolute atomic E-state index is 0.212. The third kappa shape index (κ3) is 1.55. The highest BCUT2D eigenvalue weighted by molar-refractivity contribution is 5.78. The fraction of sp³-hybridized carbons (Fsp3) is 0.111. The van der Waals surface area contributed by atoms with Gasteiger partial charge in [0.05, 0.1) is 5.92 Å². The predicted molar refractivity (Wildman–Crippen MR) is 77.3 cm³/mol. The molecule has 1 heterocycles. The molecule has 4 rings (SSSR count). The molecule has 0 spiro atoms. The van der Waals surface area contributed by atoms with E-state index in [0.29, 0.717) is 0 Å². The first-order chi connectivity index (χ1) is 9.33. The third-order valence-corrected chi connectivity index (χ3v) is 3.92. The highest BCUT2D eigenvalue weighted by atomic mass is 16.3. The maximum absolute atomic E-state index is 6.02. The monoisotopic (exact) mass is 246 g/mol. The van der Waals surface area contributed by atoms with E-state index in [1.165, 1.54) is 16.7 Å². The van der Waals surface area contributed by atoms with Gasteiger partial charge in [0.1, 0.15) is 11.3 Å². The highest BCUT2D eigenvalue weighted by Crippen LogP contribution is 2.42. The van der Waals surface area contributed by atoms with Gasteiger partial charge < -0.3 is 4.42 Å².